The molecule has 2 fully saturated rings. The van der Waals surface area contributed by atoms with Gasteiger partial charge in [0.25, 0.3) is 0 Å². The van der Waals surface area contributed by atoms with Gasteiger partial charge in [0, 0.05) is 43.7 Å². The van der Waals surface area contributed by atoms with E-state index in [0.717, 1.165) is 17.9 Å². The van der Waals surface area contributed by atoms with Crippen molar-refractivity contribution in [2.24, 2.45) is 5.41 Å². The van der Waals surface area contributed by atoms with E-state index in [2.05, 4.69) is 45.1 Å². The van der Waals surface area contributed by atoms with Crippen LogP contribution in [0.3, 0.4) is 0 Å². The normalized spacial score (nSPS) is 20.3. The minimum Gasteiger partial charge on any atom is -0.496 e. The van der Waals surface area contributed by atoms with Crippen LogP contribution in [0.15, 0.2) is 30.9 Å². The number of ether oxygens (including phenoxy) is 1. The molecule has 2 aliphatic heterocycles. The average molecular weight is 313 g/mol. The van der Waals surface area contributed by atoms with Crippen LogP contribution in [0, 0.1) is 5.41 Å². The number of aromatic nitrogens is 3. The molecule has 1 aromatic carbocycles. The molecule has 122 valence electrons. The van der Waals surface area contributed by atoms with Crippen LogP contribution in [0.25, 0.3) is 0 Å². The van der Waals surface area contributed by atoms with Crippen LogP contribution >= 0.6 is 0 Å². The highest BCUT2D eigenvalue weighted by molar-refractivity contribution is 5.37. The molecule has 0 unspecified atom stereocenters. The molecule has 6 nitrogen and oxygen atoms in total. The second kappa shape index (κ2) is 5.62. The molecule has 1 spiro atoms. The molecule has 2 saturated heterocycles. The number of nitrogens with zero attached hydrogens (tertiary/aromatic N) is 5. The van der Waals surface area contributed by atoms with Gasteiger partial charge in [-0.1, -0.05) is 6.07 Å². The largest absolute Gasteiger partial charge is 0.496 e. The molecule has 0 radical (unpaired) electrons. The highest BCUT2D eigenvalue weighted by Crippen LogP contribution is 2.39. The van der Waals surface area contributed by atoms with E-state index in [4.69, 9.17) is 4.74 Å². The first kappa shape index (κ1) is 14.7. The number of methoxy groups -OCH3 is 1. The summed E-state index contributed by atoms with van der Waals surface area (Å²) in [6, 6.07) is 6.47. The molecule has 0 atom stereocenters. The minimum atomic E-state index is 0.588. The standard InChI is InChI=1S/C17H23N5O/c1-20-8-17(9-20)10-21(11-17)6-14-3-4-16(23-2)15(5-14)7-22-13-18-12-19-22/h3-5,12-13H,6-11H2,1-2H3. The van der Waals surface area contributed by atoms with Crippen LogP contribution in [0.1, 0.15) is 11.1 Å². The molecule has 2 aromatic rings. The van der Waals surface area contributed by atoms with Gasteiger partial charge in [0.1, 0.15) is 18.4 Å². The van der Waals surface area contributed by atoms with Gasteiger partial charge < -0.3 is 9.64 Å². The fraction of sp³-hybridized carbons (Fsp3) is 0.529. The Hall–Kier alpha value is -1.92. The second-order valence-electron chi connectivity index (χ2n) is 7.06. The highest BCUT2D eigenvalue weighted by Gasteiger charge is 2.49. The summed E-state index contributed by atoms with van der Waals surface area (Å²) in [6.07, 6.45) is 3.30. The number of likely N-dealkylation sites (tertiary alicyclic amines) is 2. The molecular weight excluding hydrogens is 290 g/mol. The third kappa shape index (κ3) is 2.84. The van der Waals surface area contributed by atoms with Gasteiger partial charge in [0.05, 0.1) is 13.7 Å². The zero-order valence-corrected chi connectivity index (χ0v) is 13.8. The Morgan fingerprint density at radius 3 is 2.65 bits per heavy atom. The van der Waals surface area contributed by atoms with Gasteiger partial charge in [-0.25, -0.2) is 9.67 Å². The Bertz CT molecular complexity index is 670. The second-order valence-corrected chi connectivity index (χ2v) is 7.06. The molecule has 0 N–H and O–H groups in total. The molecule has 0 bridgehead atoms. The molecule has 2 aliphatic rings. The summed E-state index contributed by atoms with van der Waals surface area (Å²) in [5, 5.41) is 4.18. The van der Waals surface area contributed by atoms with Gasteiger partial charge in [-0.2, -0.15) is 5.10 Å². The van der Waals surface area contributed by atoms with Crippen molar-refractivity contribution in [2.75, 3.05) is 40.3 Å². The van der Waals surface area contributed by atoms with E-state index in [1.54, 1.807) is 19.8 Å². The van der Waals surface area contributed by atoms with E-state index < -0.39 is 0 Å². The predicted octanol–water partition coefficient (Wildman–Crippen LogP) is 1.08. The summed E-state index contributed by atoms with van der Waals surface area (Å²) in [7, 11) is 3.92. The number of hydrogen-bond donors (Lipinski definition) is 0. The van der Waals surface area contributed by atoms with Crippen LogP contribution in [-0.2, 0) is 13.1 Å². The maximum Gasteiger partial charge on any atom is 0.137 e. The van der Waals surface area contributed by atoms with Crippen molar-refractivity contribution < 1.29 is 4.74 Å². The molecule has 0 saturated carbocycles. The fourth-order valence-corrected chi connectivity index (χ4v) is 4.11. The zero-order chi connectivity index (χ0) is 15.9. The molecule has 0 aliphatic carbocycles. The first-order valence-electron chi connectivity index (χ1n) is 8.05. The Morgan fingerprint density at radius 2 is 2.00 bits per heavy atom. The summed E-state index contributed by atoms with van der Waals surface area (Å²) in [5.41, 5.74) is 3.07. The third-order valence-corrected chi connectivity index (χ3v) is 4.88. The third-order valence-electron chi connectivity index (χ3n) is 4.88. The molecular formula is C17H23N5O. The SMILES string of the molecule is COc1ccc(CN2CC3(CN(C)C3)C2)cc1Cn1cncn1. The summed E-state index contributed by atoms with van der Waals surface area (Å²) in [6.45, 7) is 6.66. The lowest BCUT2D eigenvalue weighted by atomic mass is 9.73. The maximum atomic E-state index is 5.49. The van der Waals surface area contributed by atoms with Gasteiger partial charge in [-0.3, -0.25) is 4.90 Å². The average Bonchev–Trinajstić information content (AvgIpc) is 2.97. The first-order valence-corrected chi connectivity index (χ1v) is 8.05. The Balaban J connectivity index is 1.43. The van der Waals surface area contributed by atoms with Crippen molar-refractivity contribution in [1.29, 1.82) is 0 Å². The zero-order valence-electron chi connectivity index (χ0n) is 13.8. The van der Waals surface area contributed by atoms with Crippen molar-refractivity contribution in [2.45, 2.75) is 13.1 Å². The summed E-state index contributed by atoms with van der Waals surface area (Å²) >= 11 is 0. The lowest BCUT2D eigenvalue weighted by molar-refractivity contribution is -0.107. The number of hydrogen-bond acceptors (Lipinski definition) is 5. The summed E-state index contributed by atoms with van der Waals surface area (Å²) < 4.78 is 7.31. The van der Waals surface area contributed by atoms with Gasteiger partial charge in [0.15, 0.2) is 0 Å². The van der Waals surface area contributed by atoms with Gasteiger partial charge in [-0.15, -0.1) is 0 Å². The molecule has 0 amide bonds. The first-order chi connectivity index (χ1) is 11.2. The number of rotatable bonds is 5. The highest BCUT2D eigenvalue weighted by atomic mass is 16.5. The van der Waals surface area contributed by atoms with Crippen molar-refractivity contribution in [3.05, 3.63) is 42.0 Å². The van der Waals surface area contributed by atoms with Crippen LogP contribution in [0.2, 0.25) is 0 Å². The van der Waals surface area contributed by atoms with Crippen LogP contribution in [0.5, 0.6) is 5.75 Å². The van der Waals surface area contributed by atoms with Crippen molar-refractivity contribution in [3.8, 4) is 5.75 Å². The lowest BCUT2D eigenvalue weighted by Crippen LogP contribution is -2.70. The predicted molar refractivity (Wildman–Crippen MR) is 87.3 cm³/mol. The Labute approximate surface area is 136 Å². The quantitative estimate of drug-likeness (QED) is 0.827. The van der Waals surface area contributed by atoms with E-state index in [9.17, 15) is 0 Å². The van der Waals surface area contributed by atoms with Gasteiger partial charge >= 0.3 is 0 Å². The summed E-state index contributed by atoms with van der Waals surface area (Å²) in [4.78, 5) is 8.94. The van der Waals surface area contributed by atoms with Crippen molar-refractivity contribution >= 4 is 0 Å². The minimum absolute atomic E-state index is 0.588. The molecule has 4 rings (SSSR count). The number of benzene rings is 1. The molecule has 6 heteroatoms. The van der Waals surface area contributed by atoms with Crippen LogP contribution in [-0.4, -0.2) is 64.9 Å². The summed E-state index contributed by atoms with van der Waals surface area (Å²) in [5.74, 6) is 0.907. The smallest absolute Gasteiger partial charge is 0.137 e. The topological polar surface area (TPSA) is 46.4 Å². The monoisotopic (exact) mass is 313 g/mol. The Morgan fingerprint density at radius 1 is 1.17 bits per heavy atom. The Kier molecular flexibility index (Phi) is 3.58. The molecule has 3 heterocycles. The molecule has 23 heavy (non-hydrogen) atoms. The van der Waals surface area contributed by atoms with E-state index >= 15 is 0 Å². The van der Waals surface area contributed by atoms with Crippen LogP contribution in [0.4, 0.5) is 0 Å². The van der Waals surface area contributed by atoms with E-state index in [1.165, 1.54) is 31.7 Å². The van der Waals surface area contributed by atoms with Gasteiger partial charge in [-0.05, 0) is 24.7 Å². The van der Waals surface area contributed by atoms with Crippen molar-refractivity contribution in [3.63, 3.8) is 0 Å². The van der Waals surface area contributed by atoms with Crippen LogP contribution < -0.4 is 4.74 Å². The molecule has 1 aromatic heterocycles. The van der Waals surface area contributed by atoms with Gasteiger partial charge in [0.2, 0.25) is 0 Å². The van der Waals surface area contributed by atoms with E-state index in [1.807, 2.05) is 4.68 Å². The van der Waals surface area contributed by atoms with E-state index in [0.29, 0.717) is 12.0 Å². The lowest BCUT2D eigenvalue weighted by Gasteiger charge is -2.59. The van der Waals surface area contributed by atoms with Crippen molar-refractivity contribution in [1.82, 2.24) is 24.6 Å². The maximum absolute atomic E-state index is 5.49. The fourth-order valence-electron chi connectivity index (χ4n) is 4.11. The van der Waals surface area contributed by atoms with E-state index in [-0.39, 0.29) is 0 Å².